The summed E-state index contributed by atoms with van der Waals surface area (Å²) in [6.07, 6.45) is 1.75. The number of aromatic amines is 1. The van der Waals surface area contributed by atoms with Crippen LogP contribution in [0.25, 0.3) is 22.0 Å². The summed E-state index contributed by atoms with van der Waals surface area (Å²) in [7, 11) is -1.99. The van der Waals surface area contributed by atoms with Gasteiger partial charge in [-0.05, 0) is 23.8 Å². The number of sulfonamides is 1. The van der Waals surface area contributed by atoms with E-state index in [1.807, 2.05) is 18.2 Å². The van der Waals surface area contributed by atoms with E-state index in [1.54, 1.807) is 25.3 Å². The number of fused-ring (bicyclic) bond motifs is 1. The molecule has 2 aromatic carbocycles. The van der Waals surface area contributed by atoms with E-state index >= 15 is 0 Å². The van der Waals surface area contributed by atoms with Gasteiger partial charge in [-0.25, -0.2) is 13.1 Å². The highest BCUT2D eigenvalue weighted by Gasteiger charge is 2.16. The fourth-order valence-corrected chi connectivity index (χ4v) is 3.51. The number of hydrogen-bond acceptors (Lipinski definition) is 4. The molecule has 0 saturated carbocycles. The summed E-state index contributed by atoms with van der Waals surface area (Å²) in [6, 6.07) is 10.7. The Bertz CT molecular complexity index is 948. The number of rotatable bonds is 5. The van der Waals surface area contributed by atoms with E-state index in [1.165, 1.54) is 13.2 Å². The largest absolute Gasteiger partial charge is 0.496 e. The van der Waals surface area contributed by atoms with E-state index < -0.39 is 10.0 Å². The van der Waals surface area contributed by atoms with Crippen molar-refractivity contribution in [2.75, 3.05) is 13.7 Å². The van der Waals surface area contributed by atoms with E-state index in [9.17, 15) is 8.42 Å². The van der Waals surface area contributed by atoms with Crippen molar-refractivity contribution in [3.05, 3.63) is 42.6 Å². The number of hydrogen-bond donors (Lipinski definition) is 2. The second kappa shape index (κ2) is 6.02. The highest BCUT2D eigenvalue weighted by atomic mass is 32.2. The number of nitrogens with zero attached hydrogens (tertiary/aromatic N) is 1. The fraction of sp³-hybridized carbons (Fsp3) is 0.188. The van der Waals surface area contributed by atoms with Gasteiger partial charge >= 0.3 is 0 Å². The normalized spacial score (nSPS) is 11.7. The van der Waals surface area contributed by atoms with E-state index in [2.05, 4.69) is 14.9 Å². The van der Waals surface area contributed by atoms with E-state index in [4.69, 9.17) is 4.74 Å². The number of ether oxygens (including phenoxy) is 1. The molecule has 23 heavy (non-hydrogen) atoms. The van der Waals surface area contributed by atoms with Gasteiger partial charge in [0.05, 0.1) is 23.7 Å². The van der Waals surface area contributed by atoms with Crippen LogP contribution in [0, 0.1) is 0 Å². The third-order valence-corrected chi connectivity index (χ3v) is 5.11. The fourth-order valence-electron chi connectivity index (χ4n) is 2.46. The molecule has 0 spiro atoms. The molecule has 0 aliphatic heterocycles. The molecule has 1 heterocycles. The van der Waals surface area contributed by atoms with Gasteiger partial charge in [-0.15, -0.1) is 0 Å². The van der Waals surface area contributed by atoms with Gasteiger partial charge in [0.2, 0.25) is 10.0 Å². The van der Waals surface area contributed by atoms with Gasteiger partial charge in [-0.3, -0.25) is 5.10 Å². The molecule has 0 amide bonds. The molecule has 0 aliphatic carbocycles. The number of benzene rings is 2. The summed E-state index contributed by atoms with van der Waals surface area (Å²) in [5.41, 5.74) is 2.65. The molecule has 6 nitrogen and oxygen atoms in total. The lowest BCUT2D eigenvalue weighted by Crippen LogP contribution is -2.23. The summed E-state index contributed by atoms with van der Waals surface area (Å²) >= 11 is 0. The molecule has 0 atom stereocenters. The number of methoxy groups -OCH3 is 1. The zero-order valence-corrected chi connectivity index (χ0v) is 13.6. The molecule has 0 fully saturated rings. The molecule has 0 unspecified atom stereocenters. The molecular formula is C16H17N3O3S. The quantitative estimate of drug-likeness (QED) is 0.752. The summed E-state index contributed by atoms with van der Waals surface area (Å²) in [4.78, 5) is 0.183. The zero-order valence-electron chi connectivity index (χ0n) is 12.8. The van der Waals surface area contributed by atoms with Crippen molar-refractivity contribution >= 4 is 20.9 Å². The first-order chi connectivity index (χ1) is 11.0. The summed E-state index contributed by atoms with van der Waals surface area (Å²) < 4.78 is 32.1. The van der Waals surface area contributed by atoms with E-state index in [0.717, 1.165) is 22.0 Å². The molecule has 7 heteroatoms. The second-order valence-corrected chi connectivity index (χ2v) is 6.80. The monoisotopic (exact) mass is 331 g/mol. The Morgan fingerprint density at radius 1 is 1.22 bits per heavy atom. The minimum atomic E-state index is -3.51. The summed E-state index contributed by atoms with van der Waals surface area (Å²) in [5, 5.41) is 7.94. The Labute approximate surface area is 134 Å². The highest BCUT2D eigenvalue weighted by Crippen LogP contribution is 2.33. The molecule has 3 rings (SSSR count). The minimum absolute atomic E-state index is 0.183. The summed E-state index contributed by atoms with van der Waals surface area (Å²) in [5.74, 6) is 0.503. The molecule has 0 radical (unpaired) electrons. The number of aromatic nitrogens is 2. The third kappa shape index (κ3) is 2.93. The predicted molar refractivity (Wildman–Crippen MR) is 88.9 cm³/mol. The van der Waals surface area contributed by atoms with Crippen LogP contribution in [0.2, 0.25) is 0 Å². The van der Waals surface area contributed by atoms with Gasteiger partial charge in [0.1, 0.15) is 5.75 Å². The van der Waals surface area contributed by atoms with Crippen molar-refractivity contribution in [3.63, 3.8) is 0 Å². The molecule has 2 N–H and O–H groups in total. The van der Waals surface area contributed by atoms with Crippen molar-refractivity contribution in [2.24, 2.45) is 0 Å². The molecule has 1 aromatic heterocycles. The van der Waals surface area contributed by atoms with Crippen molar-refractivity contribution in [1.82, 2.24) is 14.9 Å². The Hall–Kier alpha value is -2.38. The van der Waals surface area contributed by atoms with Gasteiger partial charge in [-0.1, -0.05) is 19.1 Å². The average molecular weight is 331 g/mol. The SMILES string of the molecule is CCNS(=O)(=O)c1ccc(-c2ccc3cn[nH]c3c2)c(OC)c1. The molecule has 120 valence electrons. The van der Waals surface area contributed by atoms with E-state index in [-0.39, 0.29) is 4.90 Å². The van der Waals surface area contributed by atoms with Gasteiger partial charge in [0.15, 0.2) is 0 Å². The predicted octanol–water partition coefficient (Wildman–Crippen LogP) is 2.54. The van der Waals surface area contributed by atoms with Gasteiger partial charge in [0.25, 0.3) is 0 Å². The molecule has 0 saturated heterocycles. The van der Waals surface area contributed by atoms with Gasteiger partial charge < -0.3 is 4.74 Å². The lowest BCUT2D eigenvalue weighted by molar-refractivity contribution is 0.415. The van der Waals surface area contributed by atoms with Crippen LogP contribution in [0.4, 0.5) is 0 Å². The topological polar surface area (TPSA) is 84.1 Å². The number of H-pyrrole nitrogens is 1. The Morgan fingerprint density at radius 3 is 2.78 bits per heavy atom. The lowest BCUT2D eigenvalue weighted by Gasteiger charge is -2.12. The van der Waals surface area contributed by atoms with Crippen molar-refractivity contribution in [1.29, 1.82) is 0 Å². The van der Waals surface area contributed by atoms with Crippen LogP contribution < -0.4 is 9.46 Å². The zero-order chi connectivity index (χ0) is 16.4. The molecule has 3 aromatic rings. The van der Waals surface area contributed by atoms with Crippen molar-refractivity contribution in [2.45, 2.75) is 11.8 Å². The van der Waals surface area contributed by atoms with Crippen LogP contribution in [0.15, 0.2) is 47.5 Å². The maximum Gasteiger partial charge on any atom is 0.240 e. The van der Waals surface area contributed by atoms with Crippen molar-refractivity contribution in [3.8, 4) is 16.9 Å². The average Bonchev–Trinajstić information content (AvgIpc) is 3.01. The molecular weight excluding hydrogens is 314 g/mol. The lowest BCUT2D eigenvalue weighted by atomic mass is 10.0. The first-order valence-electron chi connectivity index (χ1n) is 7.16. The molecule has 0 aliphatic rings. The van der Waals surface area contributed by atoms with Crippen LogP contribution >= 0.6 is 0 Å². The second-order valence-electron chi connectivity index (χ2n) is 5.04. The van der Waals surface area contributed by atoms with Crippen LogP contribution in [0.5, 0.6) is 5.75 Å². The van der Waals surface area contributed by atoms with E-state index in [0.29, 0.717) is 12.3 Å². The van der Waals surface area contributed by atoms with Crippen LogP contribution in [0.3, 0.4) is 0 Å². The summed E-state index contributed by atoms with van der Waals surface area (Å²) in [6.45, 7) is 2.08. The highest BCUT2D eigenvalue weighted by molar-refractivity contribution is 7.89. The Balaban J connectivity index is 2.09. The Kier molecular flexibility index (Phi) is 4.06. The Morgan fingerprint density at radius 2 is 2.04 bits per heavy atom. The standard InChI is InChI=1S/C16H17N3O3S/c1-3-18-23(20,21)13-6-7-14(16(9-13)22-2)11-4-5-12-10-17-19-15(12)8-11/h4-10,18H,3H2,1-2H3,(H,17,19). The smallest absolute Gasteiger partial charge is 0.240 e. The van der Waals surface area contributed by atoms with Crippen LogP contribution in [0.1, 0.15) is 6.92 Å². The minimum Gasteiger partial charge on any atom is -0.496 e. The first-order valence-corrected chi connectivity index (χ1v) is 8.64. The molecule has 0 bridgehead atoms. The maximum atomic E-state index is 12.1. The maximum absolute atomic E-state index is 12.1. The van der Waals surface area contributed by atoms with Crippen molar-refractivity contribution < 1.29 is 13.2 Å². The first kappa shape index (κ1) is 15.5. The van der Waals surface area contributed by atoms with Gasteiger partial charge in [-0.2, -0.15) is 5.10 Å². The van der Waals surface area contributed by atoms with Crippen LogP contribution in [-0.2, 0) is 10.0 Å². The number of nitrogens with one attached hydrogen (secondary N) is 2. The third-order valence-electron chi connectivity index (χ3n) is 3.57. The van der Waals surface area contributed by atoms with Gasteiger partial charge in [0, 0.05) is 23.6 Å². The van der Waals surface area contributed by atoms with Crippen LogP contribution in [-0.4, -0.2) is 32.3 Å².